The van der Waals surface area contributed by atoms with Crippen molar-refractivity contribution in [2.45, 2.75) is 0 Å². The minimum atomic E-state index is 0.838. The van der Waals surface area contributed by atoms with E-state index in [1.54, 1.807) is 23.9 Å². The average Bonchev–Trinajstić information content (AvgIpc) is 2.87. The lowest BCUT2D eigenvalue weighted by Crippen LogP contribution is -1.91. The van der Waals surface area contributed by atoms with Gasteiger partial charge in [-0.1, -0.05) is 0 Å². The van der Waals surface area contributed by atoms with Gasteiger partial charge in [0.15, 0.2) is 0 Å². The normalized spacial score (nSPS) is 10.7. The molecule has 3 rings (SSSR count). The molecule has 0 aliphatic heterocycles. The molecular weight excluding hydrogens is 228 g/mol. The third-order valence-electron chi connectivity index (χ3n) is 1.94. The van der Waals surface area contributed by atoms with Crippen molar-refractivity contribution >= 4 is 43.9 Å². The topological polar surface area (TPSA) is 50.7 Å². The standard InChI is InChI=1S/C9H6N4S2/c1-3-12-15-7(1)13-8-6-2-4-14-9(6)11-5-10-8/h1-5H,(H,10,11,13). The Bertz CT molecular complexity index is 573. The van der Waals surface area contributed by atoms with Crippen molar-refractivity contribution in [1.29, 1.82) is 0 Å². The number of hydrogen-bond donors (Lipinski definition) is 1. The van der Waals surface area contributed by atoms with E-state index in [4.69, 9.17) is 0 Å². The Morgan fingerprint density at radius 3 is 3.07 bits per heavy atom. The van der Waals surface area contributed by atoms with Crippen LogP contribution in [0.3, 0.4) is 0 Å². The van der Waals surface area contributed by atoms with E-state index in [2.05, 4.69) is 19.7 Å². The van der Waals surface area contributed by atoms with Gasteiger partial charge in [0, 0.05) is 6.20 Å². The molecule has 3 aromatic heterocycles. The lowest BCUT2D eigenvalue weighted by Gasteiger charge is -2.01. The van der Waals surface area contributed by atoms with Crippen LogP contribution in [0.25, 0.3) is 10.2 Å². The highest BCUT2D eigenvalue weighted by Crippen LogP contribution is 2.27. The molecule has 0 spiro atoms. The monoisotopic (exact) mass is 234 g/mol. The first-order chi connectivity index (χ1) is 7.43. The van der Waals surface area contributed by atoms with Crippen molar-refractivity contribution in [3.63, 3.8) is 0 Å². The maximum absolute atomic E-state index is 4.22. The van der Waals surface area contributed by atoms with Gasteiger partial charge in [0.25, 0.3) is 0 Å². The summed E-state index contributed by atoms with van der Waals surface area (Å²) < 4.78 is 4.02. The van der Waals surface area contributed by atoms with Crippen molar-refractivity contribution in [2.24, 2.45) is 0 Å². The first kappa shape index (κ1) is 8.75. The highest BCUT2D eigenvalue weighted by Gasteiger charge is 2.04. The maximum atomic E-state index is 4.22. The molecular formula is C9H6N4S2. The summed E-state index contributed by atoms with van der Waals surface area (Å²) in [5.74, 6) is 0.838. The number of nitrogens with zero attached hydrogens (tertiary/aromatic N) is 3. The van der Waals surface area contributed by atoms with Crippen LogP contribution in [0.5, 0.6) is 0 Å². The Balaban J connectivity index is 2.07. The van der Waals surface area contributed by atoms with Crippen LogP contribution in [0.2, 0.25) is 0 Å². The molecule has 0 bridgehead atoms. The van der Waals surface area contributed by atoms with Crippen molar-refractivity contribution in [3.05, 3.63) is 30.0 Å². The van der Waals surface area contributed by atoms with E-state index in [0.717, 1.165) is 21.0 Å². The number of thiophene rings is 1. The number of aromatic nitrogens is 3. The molecule has 0 aliphatic rings. The third kappa shape index (κ3) is 1.57. The molecule has 0 unspecified atom stereocenters. The van der Waals surface area contributed by atoms with Gasteiger partial charge in [-0.15, -0.1) is 11.3 Å². The zero-order chi connectivity index (χ0) is 10.1. The second-order valence-corrected chi connectivity index (χ2v) is 4.59. The number of nitrogens with one attached hydrogen (secondary N) is 1. The number of hydrogen-bond acceptors (Lipinski definition) is 6. The summed E-state index contributed by atoms with van der Waals surface area (Å²) in [6.07, 6.45) is 3.33. The predicted octanol–water partition coefficient (Wildman–Crippen LogP) is 2.89. The molecule has 0 saturated carbocycles. The van der Waals surface area contributed by atoms with E-state index in [0.29, 0.717) is 0 Å². The Labute approximate surface area is 93.8 Å². The molecule has 15 heavy (non-hydrogen) atoms. The number of anilines is 2. The lowest BCUT2D eigenvalue weighted by atomic mass is 10.4. The summed E-state index contributed by atoms with van der Waals surface area (Å²) in [5, 5.41) is 7.27. The second-order valence-electron chi connectivity index (χ2n) is 2.86. The smallest absolute Gasteiger partial charge is 0.143 e. The highest BCUT2D eigenvalue weighted by atomic mass is 32.1. The van der Waals surface area contributed by atoms with Gasteiger partial charge in [-0.3, -0.25) is 0 Å². The molecule has 0 amide bonds. The van der Waals surface area contributed by atoms with Gasteiger partial charge < -0.3 is 5.32 Å². The Hall–Kier alpha value is -1.53. The fourth-order valence-electron chi connectivity index (χ4n) is 1.29. The third-order valence-corrected chi connectivity index (χ3v) is 3.42. The van der Waals surface area contributed by atoms with Crippen LogP contribution in [0.15, 0.2) is 30.0 Å². The van der Waals surface area contributed by atoms with E-state index < -0.39 is 0 Å². The van der Waals surface area contributed by atoms with Crippen LogP contribution in [0.4, 0.5) is 10.8 Å². The molecule has 0 saturated heterocycles. The minimum absolute atomic E-state index is 0.838. The molecule has 0 aliphatic carbocycles. The van der Waals surface area contributed by atoms with E-state index in [1.165, 1.54) is 11.5 Å². The minimum Gasteiger partial charge on any atom is -0.330 e. The SMILES string of the molecule is c1cc(Nc2ncnc3sccc23)sn1. The predicted molar refractivity (Wildman–Crippen MR) is 62.8 cm³/mol. The van der Waals surface area contributed by atoms with Crippen molar-refractivity contribution in [3.8, 4) is 0 Å². The molecule has 1 N–H and O–H groups in total. The summed E-state index contributed by atoms with van der Waals surface area (Å²) in [6, 6.07) is 3.94. The van der Waals surface area contributed by atoms with Crippen molar-refractivity contribution in [2.75, 3.05) is 5.32 Å². The van der Waals surface area contributed by atoms with Gasteiger partial charge in [0.1, 0.15) is 22.0 Å². The van der Waals surface area contributed by atoms with E-state index in [-0.39, 0.29) is 0 Å². The second kappa shape index (κ2) is 3.56. The summed E-state index contributed by atoms with van der Waals surface area (Å²) >= 11 is 3.02. The molecule has 0 fully saturated rings. The van der Waals surface area contributed by atoms with Crippen LogP contribution in [-0.2, 0) is 0 Å². The van der Waals surface area contributed by atoms with Gasteiger partial charge in [-0.05, 0) is 29.0 Å². The molecule has 0 radical (unpaired) electrons. The van der Waals surface area contributed by atoms with E-state index in [1.807, 2.05) is 17.5 Å². The Kier molecular flexibility index (Phi) is 2.08. The first-order valence-corrected chi connectivity index (χ1v) is 5.95. The summed E-state index contributed by atoms with van der Waals surface area (Å²) in [7, 11) is 0. The van der Waals surface area contributed by atoms with E-state index >= 15 is 0 Å². The highest BCUT2D eigenvalue weighted by molar-refractivity contribution is 7.16. The summed E-state index contributed by atoms with van der Waals surface area (Å²) in [5.41, 5.74) is 0. The molecule has 6 heteroatoms. The average molecular weight is 234 g/mol. The zero-order valence-corrected chi connectivity index (χ0v) is 9.18. The van der Waals surface area contributed by atoms with Gasteiger partial charge in [0.2, 0.25) is 0 Å². The Morgan fingerprint density at radius 1 is 1.20 bits per heavy atom. The fourth-order valence-corrected chi connectivity index (χ4v) is 2.52. The number of rotatable bonds is 2. The van der Waals surface area contributed by atoms with Gasteiger partial charge in [-0.2, -0.15) is 4.37 Å². The Morgan fingerprint density at radius 2 is 2.20 bits per heavy atom. The largest absolute Gasteiger partial charge is 0.330 e. The quantitative estimate of drug-likeness (QED) is 0.740. The van der Waals surface area contributed by atoms with Crippen LogP contribution >= 0.6 is 22.9 Å². The van der Waals surface area contributed by atoms with Crippen LogP contribution in [0.1, 0.15) is 0 Å². The fraction of sp³-hybridized carbons (Fsp3) is 0. The molecule has 4 nitrogen and oxygen atoms in total. The first-order valence-electron chi connectivity index (χ1n) is 4.29. The number of fused-ring (bicyclic) bond motifs is 1. The molecule has 0 atom stereocenters. The molecule has 0 aromatic carbocycles. The van der Waals surface area contributed by atoms with Gasteiger partial charge in [0.05, 0.1) is 5.39 Å². The van der Waals surface area contributed by atoms with Crippen LogP contribution < -0.4 is 5.32 Å². The summed E-state index contributed by atoms with van der Waals surface area (Å²) in [4.78, 5) is 9.40. The van der Waals surface area contributed by atoms with Crippen LogP contribution in [0, 0.1) is 0 Å². The van der Waals surface area contributed by atoms with Crippen LogP contribution in [-0.4, -0.2) is 14.3 Å². The van der Waals surface area contributed by atoms with Gasteiger partial charge in [-0.25, -0.2) is 9.97 Å². The molecule has 3 heterocycles. The molecule has 74 valence electrons. The maximum Gasteiger partial charge on any atom is 0.143 e. The zero-order valence-electron chi connectivity index (χ0n) is 7.54. The van der Waals surface area contributed by atoms with Gasteiger partial charge >= 0.3 is 0 Å². The van der Waals surface area contributed by atoms with E-state index in [9.17, 15) is 0 Å². The lowest BCUT2D eigenvalue weighted by molar-refractivity contribution is 1.23. The molecule has 3 aromatic rings. The van der Waals surface area contributed by atoms with Crippen molar-refractivity contribution in [1.82, 2.24) is 14.3 Å². The van der Waals surface area contributed by atoms with Crippen molar-refractivity contribution < 1.29 is 0 Å². The summed E-state index contributed by atoms with van der Waals surface area (Å²) in [6.45, 7) is 0.